The maximum Gasteiger partial charge on any atom is 0.410 e. The van der Waals surface area contributed by atoms with E-state index in [0.717, 1.165) is 47.1 Å². The van der Waals surface area contributed by atoms with Gasteiger partial charge in [0.2, 0.25) is 0 Å². The number of hydrogen-bond donors (Lipinski definition) is 1. The van der Waals surface area contributed by atoms with Crippen molar-refractivity contribution in [3.63, 3.8) is 0 Å². The number of aromatic amines is 1. The summed E-state index contributed by atoms with van der Waals surface area (Å²) in [5, 5.41) is 1.68. The van der Waals surface area contributed by atoms with E-state index in [1.165, 1.54) is 12.1 Å². The van der Waals surface area contributed by atoms with Crippen molar-refractivity contribution in [2.75, 3.05) is 32.7 Å². The zero-order chi connectivity index (χ0) is 22.3. The van der Waals surface area contributed by atoms with Crippen LogP contribution in [-0.2, 0) is 11.3 Å². The molecule has 3 aromatic rings. The molecule has 4 rings (SSSR count). The molecule has 0 bridgehead atoms. The first-order valence-electron chi connectivity index (χ1n) is 10.6. The summed E-state index contributed by atoms with van der Waals surface area (Å²) in [6, 6.07) is 6.40. The summed E-state index contributed by atoms with van der Waals surface area (Å²) in [5.41, 5.74) is 1.89. The maximum absolute atomic E-state index is 14.0. The summed E-state index contributed by atoms with van der Waals surface area (Å²) < 4.78 is 21.6. The van der Waals surface area contributed by atoms with Gasteiger partial charge in [0.15, 0.2) is 11.4 Å². The standard InChI is InChI=1S/C23H29FN4O3/c1-15-21-18(14-20(24)25-15)17-6-5-16(29)13-19(17)28(21)12-9-26-7-10-27(11-8-26)22(30)31-23(2,3)4/h5-6,13-14,25H,7-12H2,1-4H3. The minimum absolute atomic E-state index is 0.0652. The van der Waals surface area contributed by atoms with Crippen LogP contribution in [0.15, 0.2) is 29.1 Å². The molecule has 0 unspecified atom stereocenters. The molecule has 1 amide bonds. The van der Waals surface area contributed by atoms with E-state index in [0.29, 0.717) is 19.6 Å². The molecule has 1 N–H and O–H groups in total. The van der Waals surface area contributed by atoms with Crippen molar-refractivity contribution in [2.45, 2.75) is 39.8 Å². The van der Waals surface area contributed by atoms with Crippen molar-refractivity contribution in [1.29, 1.82) is 0 Å². The molecule has 1 aliphatic rings. The van der Waals surface area contributed by atoms with Gasteiger partial charge in [-0.2, -0.15) is 4.39 Å². The predicted molar refractivity (Wildman–Crippen MR) is 119 cm³/mol. The summed E-state index contributed by atoms with van der Waals surface area (Å²) in [5.74, 6) is -0.395. The minimum atomic E-state index is -0.500. The van der Waals surface area contributed by atoms with Crippen LogP contribution >= 0.6 is 0 Å². The van der Waals surface area contributed by atoms with Crippen LogP contribution < -0.4 is 5.43 Å². The Morgan fingerprint density at radius 2 is 1.81 bits per heavy atom. The smallest absolute Gasteiger partial charge is 0.410 e. The molecule has 0 spiro atoms. The van der Waals surface area contributed by atoms with Gasteiger partial charge in [-0.1, -0.05) is 0 Å². The summed E-state index contributed by atoms with van der Waals surface area (Å²) in [6.45, 7) is 11.6. The van der Waals surface area contributed by atoms with Gasteiger partial charge in [-0.05, 0) is 39.8 Å². The number of piperazine rings is 1. The Hall–Kier alpha value is -2.87. The highest BCUT2D eigenvalue weighted by Gasteiger charge is 2.26. The fraction of sp³-hybridized carbons (Fsp3) is 0.478. The van der Waals surface area contributed by atoms with Crippen molar-refractivity contribution in [3.05, 3.63) is 46.1 Å². The molecule has 31 heavy (non-hydrogen) atoms. The van der Waals surface area contributed by atoms with Crippen molar-refractivity contribution in [1.82, 2.24) is 19.4 Å². The number of ether oxygens (including phenoxy) is 1. The van der Waals surface area contributed by atoms with E-state index < -0.39 is 11.5 Å². The van der Waals surface area contributed by atoms with Crippen molar-refractivity contribution < 1.29 is 13.9 Å². The third kappa shape index (κ3) is 4.44. The van der Waals surface area contributed by atoms with E-state index in [4.69, 9.17) is 4.74 Å². The number of carbonyl (C=O) groups is 1. The highest BCUT2D eigenvalue weighted by atomic mass is 19.1. The Kier molecular flexibility index (Phi) is 5.51. The second-order valence-electron chi connectivity index (χ2n) is 9.14. The van der Waals surface area contributed by atoms with Gasteiger partial charge in [-0.25, -0.2) is 4.79 Å². The molecule has 7 nitrogen and oxygen atoms in total. The SMILES string of the molecule is Cc1[nH]c(F)cc2c3ccc(=O)cc3n(CCN3CCN(C(=O)OC(C)(C)C)CC3)c12. The maximum atomic E-state index is 14.0. The molecule has 0 aliphatic carbocycles. The summed E-state index contributed by atoms with van der Waals surface area (Å²) >= 11 is 0. The molecule has 0 saturated carbocycles. The molecule has 3 heterocycles. The Balaban J connectivity index is 1.52. The molecule has 166 valence electrons. The van der Waals surface area contributed by atoms with Crippen LogP contribution in [-0.4, -0.2) is 63.8 Å². The molecule has 1 saturated heterocycles. The van der Waals surface area contributed by atoms with Gasteiger partial charge in [0.25, 0.3) is 0 Å². The average Bonchev–Trinajstić information content (AvgIpc) is 2.98. The molecule has 1 aromatic carbocycles. The average molecular weight is 429 g/mol. The molecule has 8 heteroatoms. The number of aromatic nitrogens is 2. The zero-order valence-corrected chi connectivity index (χ0v) is 18.5. The number of nitrogens with one attached hydrogen (secondary N) is 1. The lowest BCUT2D eigenvalue weighted by molar-refractivity contribution is 0.0143. The van der Waals surface area contributed by atoms with E-state index in [2.05, 4.69) is 14.5 Å². The van der Waals surface area contributed by atoms with Crippen LogP contribution in [0.25, 0.3) is 21.8 Å². The molecule has 1 fully saturated rings. The van der Waals surface area contributed by atoms with Gasteiger partial charge in [0.1, 0.15) is 5.60 Å². The van der Waals surface area contributed by atoms with Gasteiger partial charge >= 0.3 is 6.09 Å². The molecule has 0 atom stereocenters. The normalized spacial score (nSPS) is 15.7. The molecular formula is C23H29FN4O3. The van der Waals surface area contributed by atoms with E-state index >= 15 is 0 Å². The molecule has 1 aliphatic heterocycles. The number of rotatable bonds is 3. The van der Waals surface area contributed by atoms with Gasteiger partial charge in [-0.15, -0.1) is 0 Å². The second-order valence-corrected chi connectivity index (χ2v) is 9.14. The Morgan fingerprint density at radius 1 is 1.10 bits per heavy atom. The Labute approximate surface area is 180 Å². The lowest BCUT2D eigenvalue weighted by Gasteiger charge is -2.35. The van der Waals surface area contributed by atoms with Crippen LogP contribution in [0.4, 0.5) is 9.18 Å². The highest BCUT2D eigenvalue weighted by Crippen LogP contribution is 2.30. The summed E-state index contributed by atoms with van der Waals surface area (Å²) in [6.07, 6.45) is -0.272. The number of benzene rings is 1. The van der Waals surface area contributed by atoms with Gasteiger partial charge in [-0.3, -0.25) is 9.69 Å². The number of halogens is 1. The van der Waals surface area contributed by atoms with Crippen LogP contribution in [0.1, 0.15) is 26.5 Å². The van der Waals surface area contributed by atoms with Crippen molar-refractivity contribution >= 4 is 27.9 Å². The number of fused-ring (bicyclic) bond motifs is 3. The van der Waals surface area contributed by atoms with Gasteiger partial charge in [0, 0.05) is 67.9 Å². The first-order chi connectivity index (χ1) is 14.6. The van der Waals surface area contributed by atoms with Gasteiger partial charge < -0.3 is 19.2 Å². The number of hydrogen-bond acceptors (Lipinski definition) is 4. The Morgan fingerprint density at radius 3 is 2.48 bits per heavy atom. The first kappa shape index (κ1) is 21.4. The van der Waals surface area contributed by atoms with Crippen LogP contribution in [0.5, 0.6) is 0 Å². The fourth-order valence-electron chi connectivity index (χ4n) is 4.26. The van der Waals surface area contributed by atoms with E-state index in [9.17, 15) is 14.0 Å². The number of aryl methyl sites for hydroxylation is 1. The van der Waals surface area contributed by atoms with E-state index in [1.54, 1.807) is 17.0 Å². The van der Waals surface area contributed by atoms with Crippen LogP contribution in [0.3, 0.4) is 0 Å². The molecular weight excluding hydrogens is 399 g/mol. The highest BCUT2D eigenvalue weighted by molar-refractivity contribution is 6.08. The van der Waals surface area contributed by atoms with Crippen molar-refractivity contribution in [2.24, 2.45) is 0 Å². The minimum Gasteiger partial charge on any atom is -0.444 e. The monoisotopic (exact) mass is 428 g/mol. The van der Waals surface area contributed by atoms with Crippen molar-refractivity contribution in [3.8, 4) is 0 Å². The van der Waals surface area contributed by atoms with E-state index in [1.807, 2.05) is 27.7 Å². The number of carbonyl (C=O) groups excluding carboxylic acids is 1. The molecule has 2 aromatic heterocycles. The fourth-order valence-corrected chi connectivity index (χ4v) is 4.26. The Bertz CT molecular complexity index is 1180. The molecule has 0 radical (unpaired) electrons. The quantitative estimate of drug-likeness (QED) is 0.649. The third-order valence-electron chi connectivity index (χ3n) is 5.67. The number of H-pyrrole nitrogens is 1. The lowest BCUT2D eigenvalue weighted by Crippen LogP contribution is -2.50. The third-order valence-corrected chi connectivity index (χ3v) is 5.67. The lowest BCUT2D eigenvalue weighted by atomic mass is 10.1. The number of pyridine rings is 1. The van der Waals surface area contributed by atoms with Crippen LogP contribution in [0, 0.1) is 12.9 Å². The second kappa shape index (κ2) is 8.00. The topological polar surface area (TPSA) is 70.6 Å². The van der Waals surface area contributed by atoms with E-state index in [-0.39, 0.29) is 11.5 Å². The largest absolute Gasteiger partial charge is 0.444 e. The first-order valence-corrected chi connectivity index (χ1v) is 10.6. The zero-order valence-electron chi connectivity index (χ0n) is 18.5. The number of nitrogens with zero attached hydrogens (tertiary/aromatic N) is 3. The predicted octanol–water partition coefficient (Wildman–Crippen LogP) is 3.48. The summed E-state index contributed by atoms with van der Waals surface area (Å²) in [7, 11) is 0. The van der Waals surface area contributed by atoms with Crippen LogP contribution in [0.2, 0.25) is 0 Å². The number of amides is 1. The summed E-state index contributed by atoms with van der Waals surface area (Å²) in [4.78, 5) is 31.1. The van der Waals surface area contributed by atoms with Gasteiger partial charge in [0.05, 0.1) is 11.0 Å².